The molecule has 3 N–H and O–H groups in total. The predicted octanol–water partition coefficient (Wildman–Crippen LogP) is -1.38. The first-order chi connectivity index (χ1) is 5.70. The molecule has 0 fully saturated rings. The molecule has 0 saturated heterocycles. The zero-order valence-electron chi connectivity index (χ0n) is 7.04. The molecular weight excluding hydrogens is 160 g/mol. The molecule has 0 aliphatic carbocycles. The largest absolute Gasteiger partial charge is 0.377 e. The summed E-state index contributed by atoms with van der Waals surface area (Å²) in [5.74, 6) is -0.123. The summed E-state index contributed by atoms with van der Waals surface area (Å²) >= 11 is 0. The third-order valence-corrected chi connectivity index (χ3v) is 1.25. The van der Waals surface area contributed by atoms with Gasteiger partial charge in [-0.05, 0) is 0 Å². The number of nitrogens with one attached hydrogen (secondary N) is 2. The summed E-state index contributed by atoms with van der Waals surface area (Å²) in [4.78, 5) is 20.5. The number of hydrogen-bond acceptors (Lipinski definition) is 4. The van der Waals surface area contributed by atoms with E-state index in [2.05, 4.69) is 10.6 Å². The van der Waals surface area contributed by atoms with Crippen molar-refractivity contribution >= 4 is 12.2 Å². The molecule has 1 atom stereocenters. The molecule has 0 aromatic carbocycles. The van der Waals surface area contributed by atoms with E-state index in [0.717, 1.165) is 0 Å². The van der Waals surface area contributed by atoms with Gasteiger partial charge < -0.3 is 15.2 Å². The predicted molar refractivity (Wildman–Crippen MR) is 43.4 cm³/mol. The smallest absolute Gasteiger partial charge is 0.219 e. The van der Waals surface area contributed by atoms with Crippen LogP contribution in [0.25, 0.3) is 0 Å². The summed E-state index contributed by atoms with van der Waals surface area (Å²) < 4.78 is 0. The number of amides is 1. The number of carbonyl (C=O) groups excluding carboxylic acids is 2. The molecule has 1 amide bonds. The van der Waals surface area contributed by atoms with E-state index in [0.29, 0.717) is 12.7 Å². The lowest BCUT2D eigenvalue weighted by Gasteiger charge is -2.10. The molecular formula is C7H14N2O3. The van der Waals surface area contributed by atoms with Crippen LogP contribution in [0.1, 0.15) is 13.3 Å². The van der Waals surface area contributed by atoms with Crippen molar-refractivity contribution in [2.75, 3.05) is 13.1 Å². The number of aliphatic hydroxyl groups excluding tert-OH is 1. The van der Waals surface area contributed by atoms with Crippen molar-refractivity contribution in [2.24, 2.45) is 0 Å². The topological polar surface area (TPSA) is 78.4 Å². The number of aliphatic hydroxyl groups is 1. The normalized spacial score (nSPS) is 12.2. The minimum absolute atomic E-state index is 0.0865. The van der Waals surface area contributed by atoms with Crippen LogP contribution in [0.5, 0.6) is 0 Å². The second kappa shape index (κ2) is 6.75. The van der Waals surface area contributed by atoms with Crippen molar-refractivity contribution in [3.05, 3.63) is 0 Å². The van der Waals surface area contributed by atoms with Crippen LogP contribution in [0.15, 0.2) is 0 Å². The minimum Gasteiger partial charge on any atom is -0.377 e. The van der Waals surface area contributed by atoms with Gasteiger partial charge in [-0.2, -0.15) is 0 Å². The quantitative estimate of drug-likeness (QED) is 0.342. The van der Waals surface area contributed by atoms with Gasteiger partial charge in [0.1, 0.15) is 12.5 Å². The molecule has 5 heteroatoms. The van der Waals surface area contributed by atoms with E-state index in [1.807, 2.05) is 0 Å². The lowest BCUT2D eigenvalue weighted by Crippen LogP contribution is -2.41. The molecule has 0 radical (unpaired) electrons. The Morgan fingerprint density at radius 1 is 1.67 bits per heavy atom. The molecule has 0 heterocycles. The average Bonchev–Trinajstić information content (AvgIpc) is 2.10. The van der Waals surface area contributed by atoms with Gasteiger partial charge in [0.05, 0.1) is 13.1 Å². The summed E-state index contributed by atoms with van der Waals surface area (Å²) in [5.41, 5.74) is 0. The highest BCUT2D eigenvalue weighted by Gasteiger charge is 2.03. The first kappa shape index (κ1) is 11.1. The van der Waals surface area contributed by atoms with Crippen molar-refractivity contribution in [1.82, 2.24) is 10.6 Å². The highest BCUT2D eigenvalue weighted by molar-refractivity contribution is 5.75. The van der Waals surface area contributed by atoms with Crippen molar-refractivity contribution in [1.29, 1.82) is 0 Å². The van der Waals surface area contributed by atoms with Gasteiger partial charge in [0, 0.05) is 6.42 Å². The fourth-order valence-electron chi connectivity index (χ4n) is 0.592. The Morgan fingerprint density at radius 2 is 2.33 bits per heavy atom. The number of rotatable bonds is 6. The number of carbonyl (C=O) groups is 2. The average molecular weight is 174 g/mol. The number of aldehydes is 1. The molecule has 0 saturated carbocycles. The Balaban J connectivity index is 3.36. The molecule has 0 aromatic rings. The first-order valence-electron chi connectivity index (χ1n) is 3.82. The SMILES string of the molecule is CCC(=O)NCC(O)NCC=O. The van der Waals surface area contributed by atoms with E-state index >= 15 is 0 Å². The van der Waals surface area contributed by atoms with E-state index in [4.69, 9.17) is 5.11 Å². The van der Waals surface area contributed by atoms with E-state index in [9.17, 15) is 9.59 Å². The summed E-state index contributed by atoms with van der Waals surface area (Å²) in [6, 6.07) is 0. The molecule has 0 rings (SSSR count). The molecule has 0 aliphatic heterocycles. The zero-order chi connectivity index (χ0) is 9.40. The van der Waals surface area contributed by atoms with Crippen LogP contribution >= 0.6 is 0 Å². The Kier molecular flexibility index (Phi) is 6.22. The van der Waals surface area contributed by atoms with Gasteiger partial charge in [-0.15, -0.1) is 0 Å². The Labute approximate surface area is 71.1 Å². The van der Waals surface area contributed by atoms with Crippen LogP contribution in [-0.2, 0) is 9.59 Å². The third-order valence-electron chi connectivity index (χ3n) is 1.25. The Hall–Kier alpha value is -0.940. The van der Waals surface area contributed by atoms with E-state index in [1.165, 1.54) is 0 Å². The van der Waals surface area contributed by atoms with Crippen molar-refractivity contribution in [3.63, 3.8) is 0 Å². The van der Waals surface area contributed by atoms with E-state index in [1.54, 1.807) is 6.92 Å². The van der Waals surface area contributed by atoms with Crippen molar-refractivity contribution in [2.45, 2.75) is 19.6 Å². The molecule has 0 bridgehead atoms. The van der Waals surface area contributed by atoms with Gasteiger partial charge in [0.15, 0.2) is 0 Å². The maximum absolute atomic E-state index is 10.7. The van der Waals surface area contributed by atoms with Gasteiger partial charge >= 0.3 is 0 Å². The molecule has 0 aliphatic rings. The highest BCUT2D eigenvalue weighted by Crippen LogP contribution is 1.76. The summed E-state index contributed by atoms with van der Waals surface area (Å²) in [6.45, 7) is 1.93. The van der Waals surface area contributed by atoms with Crippen LogP contribution in [0.3, 0.4) is 0 Å². The minimum atomic E-state index is -0.856. The Morgan fingerprint density at radius 3 is 2.83 bits per heavy atom. The van der Waals surface area contributed by atoms with Gasteiger partial charge in [0.2, 0.25) is 5.91 Å². The molecule has 12 heavy (non-hydrogen) atoms. The second-order valence-electron chi connectivity index (χ2n) is 2.25. The van der Waals surface area contributed by atoms with Crippen molar-refractivity contribution in [3.8, 4) is 0 Å². The zero-order valence-corrected chi connectivity index (χ0v) is 7.04. The highest BCUT2D eigenvalue weighted by atomic mass is 16.3. The van der Waals surface area contributed by atoms with Gasteiger partial charge in [-0.3, -0.25) is 10.1 Å². The lowest BCUT2D eigenvalue weighted by atomic mass is 10.4. The maximum atomic E-state index is 10.7. The summed E-state index contributed by atoms with van der Waals surface area (Å²) in [6.07, 6.45) is 0.177. The summed E-state index contributed by atoms with van der Waals surface area (Å²) in [5, 5.41) is 14.0. The fourth-order valence-corrected chi connectivity index (χ4v) is 0.592. The van der Waals surface area contributed by atoms with E-state index < -0.39 is 6.23 Å². The van der Waals surface area contributed by atoms with Crippen LogP contribution < -0.4 is 10.6 Å². The maximum Gasteiger partial charge on any atom is 0.219 e. The molecule has 0 spiro atoms. The third kappa shape index (κ3) is 5.82. The van der Waals surface area contributed by atoms with E-state index in [-0.39, 0.29) is 19.0 Å². The monoisotopic (exact) mass is 174 g/mol. The van der Waals surface area contributed by atoms with Gasteiger partial charge in [-0.25, -0.2) is 0 Å². The summed E-state index contributed by atoms with van der Waals surface area (Å²) in [7, 11) is 0. The van der Waals surface area contributed by atoms with Crippen LogP contribution in [0, 0.1) is 0 Å². The van der Waals surface area contributed by atoms with Gasteiger partial charge in [-0.1, -0.05) is 6.92 Å². The second-order valence-corrected chi connectivity index (χ2v) is 2.25. The van der Waals surface area contributed by atoms with Crippen LogP contribution in [0.2, 0.25) is 0 Å². The molecule has 5 nitrogen and oxygen atoms in total. The molecule has 0 aromatic heterocycles. The first-order valence-corrected chi connectivity index (χ1v) is 3.82. The molecule has 70 valence electrons. The van der Waals surface area contributed by atoms with Crippen LogP contribution in [0.4, 0.5) is 0 Å². The lowest BCUT2D eigenvalue weighted by molar-refractivity contribution is -0.121. The van der Waals surface area contributed by atoms with Crippen LogP contribution in [-0.4, -0.2) is 36.6 Å². The standard InChI is InChI=1S/C7H14N2O3/c1-2-6(11)9-5-7(12)8-3-4-10/h4,7-8,12H,2-3,5H2,1H3,(H,9,11). The fraction of sp³-hybridized carbons (Fsp3) is 0.714. The number of hydrogen-bond donors (Lipinski definition) is 3. The van der Waals surface area contributed by atoms with Gasteiger partial charge in [0.25, 0.3) is 0 Å². The van der Waals surface area contributed by atoms with Crippen molar-refractivity contribution < 1.29 is 14.7 Å². The molecule has 1 unspecified atom stereocenters. The Bertz CT molecular complexity index is 150.